The van der Waals surface area contributed by atoms with Gasteiger partial charge >= 0.3 is 6.01 Å². The van der Waals surface area contributed by atoms with Crippen molar-refractivity contribution < 1.29 is 4.42 Å². The number of thiophene rings is 1. The first-order chi connectivity index (χ1) is 7.15. The van der Waals surface area contributed by atoms with Gasteiger partial charge in [0.05, 0.1) is 0 Å². The van der Waals surface area contributed by atoms with Crippen LogP contribution in [0.15, 0.2) is 15.9 Å². The fourth-order valence-corrected chi connectivity index (χ4v) is 1.88. The van der Waals surface area contributed by atoms with Crippen molar-refractivity contribution in [3.63, 3.8) is 0 Å². The van der Waals surface area contributed by atoms with Crippen LogP contribution in [-0.4, -0.2) is 16.2 Å². The van der Waals surface area contributed by atoms with E-state index in [9.17, 15) is 0 Å². The Morgan fingerprint density at radius 2 is 2.20 bits per heavy atom. The van der Waals surface area contributed by atoms with Gasteiger partial charge in [0.2, 0.25) is 0 Å². The van der Waals surface area contributed by atoms with Crippen LogP contribution in [0, 0.1) is 6.92 Å². The lowest BCUT2D eigenvalue weighted by Crippen LogP contribution is -2.09. The summed E-state index contributed by atoms with van der Waals surface area (Å²) < 4.78 is 5.47. The second-order valence-corrected chi connectivity index (χ2v) is 4.77. The van der Waals surface area contributed by atoms with Gasteiger partial charge in [0.1, 0.15) is 0 Å². The molecule has 0 aliphatic carbocycles. The van der Waals surface area contributed by atoms with E-state index in [1.807, 2.05) is 25.3 Å². The number of rotatable bonds is 3. The number of anilines is 1. The zero-order valence-electron chi connectivity index (χ0n) is 8.94. The van der Waals surface area contributed by atoms with Crippen molar-refractivity contribution in [2.24, 2.45) is 0 Å². The van der Waals surface area contributed by atoms with Crippen molar-refractivity contribution in [1.29, 1.82) is 0 Å². The summed E-state index contributed by atoms with van der Waals surface area (Å²) in [4.78, 5) is 1.24. The molecule has 80 valence electrons. The lowest BCUT2D eigenvalue weighted by Gasteiger charge is -2.02. The molecule has 0 radical (unpaired) electrons. The summed E-state index contributed by atoms with van der Waals surface area (Å²) >= 11 is 1.67. The minimum atomic E-state index is 0.294. The lowest BCUT2D eigenvalue weighted by atomic mass is 10.3. The van der Waals surface area contributed by atoms with Crippen molar-refractivity contribution in [3.05, 3.63) is 16.3 Å². The van der Waals surface area contributed by atoms with Gasteiger partial charge in [-0.1, -0.05) is 5.10 Å². The standard InChI is InChI=1S/C10H13N3OS/c1-6(2)11-10-13-12-9(14-10)8-4-7(3)15-5-8/h4-6H,1-3H3,(H,11,13). The second-order valence-electron chi connectivity index (χ2n) is 3.66. The zero-order valence-corrected chi connectivity index (χ0v) is 9.76. The van der Waals surface area contributed by atoms with Crippen molar-refractivity contribution in [1.82, 2.24) is 10.2 Å². The maximum absolute atomic E-state index is 5.47. The molecule has 4 nitrogen and oxygen atoms in total. The summed E-state index contributed by atoms with van der Waals surface area (Å²) in [6, 6.07) is 2.81. The maximum Gasteiger partial charge on any atom is 0.315 e. The summed E-state index contributed by atoms with van der Waals surface area (Å²) in [7, 11) is 0. The Balaban J connectivity index is 2.20. The van der Waals surface area contributed by atoms with Gasteiger partial charge in [-0.2, -0.15) is 0 Å². The van der Waals surface area contributed by atoms with Crippen LogP contribution >= 0.6 is 11.3 Å². The van der Waals surface area contributed by atoms with Crippen molar-refractivity contribution in [3.8, 4) is 11.5 Å². The smallest absolute Gasteiger partial charge is 0.315 e. The molecule has 2 rings (SSSR count). The monoisotopic (exact) mass is 223 g/mol. The maximum atomic E-state index is 5.47. The van der Waals surface area contributed by atoms with Crippen LogP contribution in [0.5, 0.6) is 0 Å². The fraction of sp³-hybridized carbons (Fsp3) is 0.400. The second kappa shape index (κ2) is 4.02. The molecule has 0 bridgehead atoms. The summed E-state index contributed by atoms with van der Waals surface area (Å²) in [6.07, 6.45) is 0. The molecule has 2 aromatic heterocycles. The lowest BCUT2D eigenvalue weighted by molar-refractivity contribution is 0.575. The molecule has 0 unspecified atom stereocenters. The minimum absolute atomic E-state index is 0.294. The SMILES string of the molecule is Cc1cc(-c2nnc(NC(C)C)o2)cs1. The van der Waals surface area contributed by atoms with Gasteiger partial charge < -0.3 is 9.73 Å². The number of hydrogen-bond donors (Lipinski definition) is 1. The van der Waals surface area contributed by atoms with E-state index < -0.39 is 0 Å². The van der Waals surface area contributed by atoms with Gasteiger partial charge in [-0.15, -0.1) is 16.4 Å². The van der Waals surface area contributed by atoms with Crippen LogP contribution in [0.4, 0.5) is 6.01 Å². The van der Waals surface area contributed by atoms with E-state index in [-0.39, 0.29) is 0 Å². The predicted molar refractivity (Wildman–Crippen MR) is 61.1 cm³/mol. The minimum Gasteiger partial charge on any atom is -0.403 e. The highest BCUT2D eigenvalue weighted by molar-refractivity contribution is 7.10. The van der Waals surface area contributed by atoms with E-state index in [4.69, 9.17) is 4.42 Å². The quantitative estimate of drug-likeness (QED) is 0.869. The summed E-state index contributed by atoms with van der Waals surface area (Å²) in [6.45, 7) is 6.11. The van der Waals surface area contributed by atoms with E-state index >= 15 is 0 Å². The van der Waals surface area contributed by atoms with Gasteiger partial charge in [0.15, 0.2) is 0 Å². The summed E-state index contributed by atoms with van der Waals surface area (Å²) in [5.41, 5.74) is 0.988. The number of nitrogens with one attached hydrogen (secondary N) is 1. The highest BCUT2D eigenvalue weighted by Gasteiger charge is 2.09. The molecule has 5 heteroatoms. The Labute approximate surface area is 92.3 Å². The molecule has 0 saturated carbocycles. The van der Waals surface area contributed by atoms with E-state index in [2.05, 4.69) is 22.4 Å². The number of nitrogens with zero attached hydrogens (tertiary/aromatic N) is 2. The van der Waals surface area contributed by atoms with Crippen LogP contribution in [0.1, 0.15) is 18.7 Å². The number of aromatic nitrogens is 2. The molecular weight excluding hydrogens is 210 g/mol. The third-order valence-electron chi connectivity index (χ3n) is 1.81. The molecule has 0 aromatic carbocycles. The van der Waals surface area contributed by atoms with Gasteiger partial charge in [-0.25, -0.2) is 0 Å². The Morgan fingerprint density at radius 3 is 2.80 bits per heavy atom. The largest absolute Gasteiger partial charge is 0.403 e. The van der Waals surface area contributed by atoms with Gasteiger partial charge in [0, 0.05) is 21.9 Å². The first-order valence-corrected chi connectivity index (χ1v) is 5.68. The van der Waals surface area contributed by atoms with E-state index in [1.165, 1.54) is 4.88 Å². The molecule has 2 aromatic rings. The normalized spacial score (nSPS) is 10.9. The molecule has 0 fully saturated rings. The molecule has 15 heavy (non-hydrogen) atoms. The number of hydrogen-bond acceptors (Lipinski definition) is 5. The van der Waals surface area contributed by atoms with Crippen LogP contribution in [0.2, 0.25) is 0 Å². The molecule has 0 saturated heterocycles. The molecule has 0 aliphatic heterocycles. The van der Waals surface area contributed by atoms with Crippen LogP contribution in [0.25, 0.3) is 11.5 Å². The highest BCUT2D eigenvalue weighted by Crippen LogP contribution is 2.25. The Kier molecular flexibility index (Phi) is 2.73. The first-order valence-electron chi connectivity index (χ1n) is 4.80. The zero-order chi connectivity index (χ0) is 10.8. The van der Waals surface area contributed by atoms with Crippen molar-refractivity contribution >= 4 is 17.4 Å². The molecule has 0 atom stereocenters. The van der Waals surface area contributed by atoms with Crippen LogP contribution < -0.4 is 5.32 Å². The number of aryl methyl sites for hydroxylation is 1. The van der Waals surface area contributed by atoms with Gasteiger partial charge in [-0.3, -0.25) is 0 Å². The van der Waals surface area contributed by atoms with Crippen molar-refractivity contribution in [2.45, 2.75) is 26.8 Å². The van der Waals surface area contributed by atoms with E-state index in [0.717, 1.165) is 5.56 Å². The first kappa shape index (κ1) is 10.2. The molecule has 2 heterocycles. The van der Waals surface area contributed by atoms with E-state index in [0.29, 0.717) is 17.9 Å². The topological polar surface area (TPSA) is 51.0 Å². The van der Waals surface area contributed by atoms with Gasteiger partial charge in [0.25, 0.3) is 5.89 Å². The summed E-state index contributed by atoms with van der Waals surface area (Å²) in [5.74, 6) is 0.572. The van der Waals surface area contributed by atoms with Crippen LogP contribution in [-0.2, 0) is 0 Å². The third-order valence-corrected chi connectivity index (χ3v) is 2.68. The molecular formula is C10H13N3OS. The predicted octanol–water partition coefficient (Wildman–Crippen LogP) is 2.93. The average molecular weight is 223 g/mol. The molecule has 1 N–H and O–H groups in total. The molecule has 0 amide bonds. The van der Waals surface area contributed by atoms with Crippen LogP contribution in [0.3, 0.4) is 0 Å². The third kappa shape index (κ3) is 2.36. The average Bonchev–Trinajstić information content (AvgIpc) is 2.72. The van der Waals surface area contributed by atoms with Gasteiger partial charge in [-0.05, 0) is 26.8 Å². The Morgan fingerprint density at radius 1 is 1.40 bits per heavy atom. The van der Waals surface area contributed by atoms with E-state index in [1.54, 1.807) is 11.3 Å². The molecule has 0 aliphatic rings. The van der Waals surface area contributed by atoms with Crippen molar-refractivity contribution in [2.75, 3.05) is 5.32 Å². The Bertz CT molecular complexity index is 447. The molecule has 0 spiro atoms. The Hall–Kier alpha value is -1.36. The fourth-order valence-electron chi connectivity index (χ4n) is 1.20. The highest BCUT2D eigenvalue weighted by atomic mass is 32.1. The summed E-state index contributed by atoms with van der Waals surface area (Å²) in [5, 5.41) is 13.0.